The smallest absolute Gasteiger partial charge is 0.415 e. The number of carbonyl (C=O) groups is 1. The first-order valence-electron chi connectivity index (χ1n) is 12.2. The van der Waals surface area contributed by atoms with Gasteiger partial charge in [-0.15, -0.1) is 0 Å². The van der Waals surface area contributed by atoms with Crippen LogP contribution in [0.25, 0.3) is 0 Å². The minimum absolute atomic E-state index is 0.127. The van der Waals surface area contributed by atoms with Gasteiger partial charge in [-0.1, -0.05) is 46.9 Å². The van der Waals surface area contributed by atoms with E-state index in [0.717, 1.165) is 31.5 Å². The highest BCUT2D eigenvalue weighted by molar-refractivity contribution is 7.91. The predicted octanol–water partition coefficient (Wildman–Crippen LogP) is 4.39. The van der Waals surface area contributed by atoms with Gasteiger partial charge in [0.25, 0.3) is 0 Å². The maximum absolute atomic E-state index is 12.6. The molecule has 1 unspecified atom stereocenters. The van der Waals surface area contributed by atoms with Gasteiger partial charge in [0.2, 0.25) is 0 Å². The Hall–Kier alpha value is -2.39. The van der Waals surface area contributed by atoms with E-state index >= 15 is 0 Å². The highest BCUT2D eigenvalue weighted by atomic mass is 32.2. The summed E-state index contributed by atoms with van der Waals surface area (Å²) in [5.41, 5.74) is 2.05. The maximum atomic E-state index is 12.6. The number of hydrogen-bond donors (Lipinski definition) is 0. The van der Waals surface area contributed by atoms with E-state index in [1.807, 2.05) is 51.1 Å². The number of benzene rings is 2. The zero-order valence-electron chi connectivity index (χ0n) is 20.8. The number of ether oxygens (including phenoxy) is 2. The first kappa shape index (κ1) is 25.7. The first-order chi connectivity index (χ1) is 16.8. The molecule has 2 aromatic carbocycles. The highest BCUT2D eigenvalue weighted by Gasteiger charge is 2.42. The molecule has 2 saturated heterocycles. The van der Waals surface area contributed by atoms with Crippen LogP contribution in [0.15, 0.2) is 59.0 Å². The molecule has 2 heterocycles. The molecule has 35 heavy (non-hydrogen) atoms. The van der Waals surface area contributed by atoms with Crippen LogP contribution in [0.4, 0.5) is 4.79 Å². The number of carbonyl (C=O) groups excluding carboxylic acids is 1. The molecule has 0 saturated carbocycles. The summed E-state index contributed by atoms with van der Waals surface area (Å²) >= 11 is -1.28. The van der Waals surface area contributed by atoms with Gasteiger partial charge in [0.1, 0.15) is 21.9 Å². The van der Waals surface area contributed by atoms with Gasteiger partial charge in [0, 0.05) is 39.4 Å². The van der Waals surface area contributed by atoms with E-state index in [1.54, 1.807) is 23.2 Å². The van der Waals surface area contributed by atoms with Crippen molar-refractivity contribution in [2.45, 2.75) is 43.9 Å². The van der Waals surface area contributed by atoms with Crippen molar-refractivity contribution >= 4 is 23.7 Å². The molecule has 0 N–H and O–H groups in total. The largest absolute Gasteiger partial charge is 0.591 e. The van der Waals surface area contributed by atoms with E-state index in [2.05, 4.69) is 21.4 Å². The van der Waals surface area contributed by atoms with E-state index < -0.39 is 11.4 Å². The second-order valence-corrected chi connectivity index (χ2v) is 12.0. The molecule has 2 aliphatic heterocycles. The Bertz CT molecular complexity index is 993. The number of amides is 1. The molecule has 0 spiro atoms. The lowest BCUT2D eigenvalue weighted by atomic mass is 9.80. The van der Waals surface area contributed by atoms with Crippen LogP contribution in [0, 0.1) is 0 Å². The summed E-state index contributed by atoms with van der Waals surface area (Å²) in [4.78, 5) is 16.9. The Morgan fingerprint density at radius 3 is 2.26 bits per heavy atom. The Kier molecular flexibility index (Phi) is 8.16. The third-order valence-electron chi connectivity index (χ3n) is 6.68. The summed E-state index contributed by atoms with van der Waals surface area (Å²) in [6.07, 6.45) is 3.21. The summed E-state index contributed by atoms with van der Waals surface area (Å²) in [5.74, 6) is 0.566. The van der Waals surface area contributed by atoms with Crippen molar-refractivity contribution in [2.24, 2.45) is 4.40 Å². The van der Waals surface area contributed by atoms with Crippen molar-refractivity contribution in [1.29, 1.82) is 0 Å². The van der Waals surface area contributed by atoms with E-state index in [-0.39, 0.29) is 16.4 Å². The predicted molar refractivity (Wildman–Crippen MR) is 139 cm³/mol. The van der Waals surface area contributed by atoms with E-state index in [1.165, 1.54) is 5.56 Å². The van der Waals surface area contributed by atoms with Gasteiger partial charge in [0.15, 0.2) is 0 Å². The molecule has 0 radical (unpaired) electrons. The lowest BCUT2D eigenvalue weighted by Gasteiger charge is -2.49. The van der Waals surface area contributed by atoms with Gasteiger partial charge in [-0.2, -0.15) is 0 Å². The molecule has 188 valence electrons. The molecule has 0 bridgehead atoms. The van der Waals surface area contributed by atoms with Crippen LogP contribution in [0.1, 0.15) is 44.7 Å². The van der Waals surface area contributed by atoms with Crippen molar-refractivity contribution < 1.29 is 18.8 Å². The number of hydrogen-bond acceptors (Lipinski definition) is 6. The van der Waals surface area contributed by atoms with Crippen molar-refractivity contribution in [1.82, 2.24) is 9.80 Å². The van der Waals surface area contributed by atoms with Crippen LogP contribution in [0.5, 0.6) is 5.75 Å². The number of rotatable bonds is 5. The SMILES string of the molecule is CC(C)(C)[S+]([O-])N=Cc1ccc(C2(N3CCN(C(=O)Oc4ccccc4)CC3)CCOCC2)cc1. The average Bonchev–Trinajstić information content (AvgIpc) is 2.88. The number of nitrogens with zero attached hydrogens (tertiary/aromatic N) is 3. The standard InChI is InChI=1S/C27H35N3O4S/c1-26(2,3)35(32)28-21-22-9-11-23(12-10-22)27(13-19-33-20-14-27)30-17-15-29(16-18-30)25(31)34-24-7-5-4-6-8-24/h4-12,21H,13-20H2,1-3H3. The van der Waals surface area contributed by atoms with Crippen LogP contribution >= 0.6 is 0 Å². The molecule has 4 rings (SSSR count). The van der Waals surface area contributed by atoms with Crippen molar-refractivity contribution in [2.75, 3.05) is 39.4 Å². The third kappa shape index (κ3) is 6.25. The van der Waals surface area contributed by atoms with Crippen molar-refractivity contribution in [3.05, 3.63) is 65.7 Å². The molecule has 0 aliphatic carbocycles. The van der Waals surface area contributed by atoms with Crippen LogP contribution < -0.4 is 4.74 Å². The van der Waals surface area contributed by atoms with Gasteiger partial charge < -0.3 is 18.9 Å². The second-order valence-electron chi connectivity index (χ2n) is 10.0. The summed E-state index contributed by atoms with van der Waals surface area (Å²) in [5, 5.41) is 0. The lowest BCUT2D eigenvalue weighted by Crippen LogP contribution is -2.58. The molecular weight excluding hydrogens is 462 g/mol. The van der Waals surface area contributed by atoms with Gasteiger partial charge >= 0.3 is 6.09 Å². The lowest BCUT2D eigenvalue weighted by molar-refractivity contribution is -0.0483. The highest BCUT2D eigenvalue weighted by Crippen LogP contribution is 2.39. The van der Waals surface area contributed by atoms with Crippen LogP contribution in [0.3, 0.4) is 0 Å². The van der Waals surface area contributed by atoms with Crippen molar-refractivity contribution in [3.8, 4) is 5.75 Å². The monoisotopic (exact) mass is 497 g/mol. The van der Waals surface area contributed by atoms with Crippen LogP contribution in [-0.2, 0) is 21.6 Å². The summed E-state index contributed by atoms with van der Waals surface area (Å²) in [6, 6.07) is 17.6. The maximum Gasteiger partial charge on any atom is 0.415 e. The molecule has 2 fully saturated rings. The second kappa shape index (κ2) is 11.1. The number of para-hydroxylation sites is 1. The number of piperazine rings is 1. The topological polar surface area (TPSA) is 77.4 Å². The third-order valence-corrected chi connectivity index (χ3v) is 8.03. The molecule has 8 heteroatoms. The summed E-state index contributed by atoms with van der Waals surface area (Å²) < 4.78 is 27.4. The van der Waals surface area contributed by atoms with Gasteiger partial charge in [-0.25, -0.2) is 4.79 Å². The minimum atomic E-state index is -1.28. The first-order valence-corrected chi connectivity index (χ1v) is 13.3. The normalized spacial score (nSPS) is 20.1. The molecule has 7 nitrogen and oxygen atoms in total. The van der Waals surface area contributed by atoms with Crippen LogP contribution in [-0.4, -0.2) is 70.8 Å². The summed E-state index contributed by atoms with van der Waals surface area (Å²) in [6.45, 7) is 9.97. The Balaban J connectivity index is 1.43. The molecule has 2 aromatic rings. The average molecular weight is 498 g/mol. The zero-order chi connectivity index (χ0) is 24.9. The van der Waals surface area contributed by atoms with E-state index in [4.69, 9.17) is 9.47 Å². The van der Waals surface area contributed by atoms with Crippen LogP contribution in [0.2, 0.25) is 0 Å². The fraction of sp³-hybridized carbons (Fsp3) is 0.481. The molecule has 0 aromatic heterocycles. The molecule has 1 amide bonds. The fourth-order valence-electron chi connectivity index (χ4n) is 4.61. The quantitative estimate of drug-likeness (QED) is 0.452. The van der Waals surface area contributed by atoms with E-state index in [9.17, 15) is 9.35 Å². The van der Waals surface area contributed by atoms with Crippen molar-refractivity contribution in [3.63, 3.8) is 0 Å². The minimum Gasteiger partial charge on any atom is -0.591 e. The van der Waals surface area contributed by atoms with E-state index in [0.29, 0.717) is 32.1 Å². The Morgan fingerprint density at radius 1 is 1.03 bits per heavy atom. The molecule has 2 aliphatic rings. The molecule has 1 atom stereocenters. The fourth-order valence-corrected chi connectivity index (χ4v) is 5.15. The zero-order valence-corrected chi connectivity index (χ0v) is 21.6. The Morgan fingerprint density at radius 2 is 1.66 bits per heavy atom. The van der Waals surface area contributed by atoms with Gasteiger partial charge in [-0.3, -0.25) is 4.90 Å². The molecular formula is C27H35N3O4S. The van der Waals surface area contributed by atoms with Gasteiger partial charge in [0.05, 0.1) is 11.8 Å². The Labute approximate surface area is 211 Å². The van der Waals surface area contributed by atoms with Gasteiger partial charge in [-0.05, 0) is 56.9 Å². The summed E-state index contributed by atoms with van der Waals surface area (Å²) in [7, 11) is 0.